The molecule has 118 heavy (non-hydrogen) atoms. The molecule has 642 valence electrons. The zero-order valence-electron chi connectivity index (χ0n) is 66.0. The van der Waals surface area contributed by atoms with Crippen LogP contribution in [0.25, 0.3) is 21.8 Å². The van der Waals surface area contributed by atoms with Crippen LogP contribution in [0.4, 0.5) is 0 Å². The van der Waals surface area contributed by atoms with E-state index >= 15 is 14.4 Å². The maximum Gasteiger partial charge on any atom is 0.327 e. The Bertz CT molecular complexity index is 4430. The predicted molar refractivity (Wildman–Crippen MR) is 437 cm³/mol. The number of carbonyl (C=O) groups is 17. The Morgan fingerprint density at radius 1 is 0.458 bits per heavy atom. The first kappa shape index (κ1) is 94.2. The Morgan fingerprint density at radius 2 is 0.924 bits per heavy atom. The van der Waals surface area contributed by atoms with Crippen LogP contribution in [-0.2, 0) is 101 Å². The van der Waals surface area contributed by atoms with E-state index < -0.39 is 228 Å². The Morgan fingerprint density at radius 3 is 1.45 bits per heavy atom. The molecule has 2 aliphatic heterocycles. The van der Waals surface area contributed by atoms with Gasteiger partial charge in [-0.15, -0.1) is 0 Å². The molecule has 2 aliphatic rings. The van der Waals surface area contributed by atoms with Crippen LogP contribution in [0.5, 0.6) is 0 Å². The number of hydrogen-bond donors (Lipinski definition) is 21. The first-order valence-electron chi connectivity index (χ1n) is 38.1. The van der Waals surface area contributed by atoms with Crippen LogP contribution in [0.1, 0.15) is 111 Å². The Labute approximate surface area is 693 Å². The van der Waals surface area contributed by atoms with E-state index in [1.54, 1.807) is 102 Å². The van der Waals surface area contributed by atoms with Gasteiger partial charge < -0.3 is 110 Å². The summed E-state index contributed by atoms with van der Waals surface area (Å²) in [4.78, 5) is 255. The van der Waals surface area contributed by atoms with Crippen LogP contribution < -0.4 is 74.4 Å². The molecule has 2 saturated heterocycles. The summed E-state index contributed by atoms with van der Waals surface area (Å²) >= 11 is 0. The monoisotopic (exact) mass is 1720 g/mol. The molecule has 0 saturated carbocycles. The smallest absolute Gasteiger partial charge is 0.327 e. The largest absolute Gasteiger partial charge is 0.481 e. The molecule has 0 spiro atoms. The molecule has 5 heterocycles. The van der Waals surface area contributed by atoms with Gasteiger partial charge in [0.2, 0.25) is 82.7 Å². The molecule has 39 nitrogen and oxygen atoms in total. The van der Waals surface area contributed by atoms with Crippen molar-refractivity contribution in [3.05, 3.63) is 90.3 Å². The third-order valence-electron chi connectivity index (χ3n) is 18.7. The summed E-state index contributed by atoms with van der Waals surface area (Å²) in [7, 11) is 3.30. The fraction of sp³-hybridized carbons (Fsp3) is 0.520. The molecule has 2 aromatic carbocycles. The van der Waals surface area contributed by atoms with Gasteiger partial charge in [-0.1, -0.05) is 121 Å². The maximum atomic E-state index is 15.4. The summed E-state index contributed by atoms with van der Waals surface area (Å²) in [6, 6.07) is -8.03. The number of benzene rings is 2. The average Bonchev–Trinajstić information content (AvgIpc) is 1.65. The summed E-state index contributed by atoms with van der Waals surface area (Å²) in [6.07, 6.45) is 0.278. The predicted octanol–water partition coefficient (Wildman–Crippen LogP) is -1.43. The van der Waals surface area contributed by atoms with E-state index in [2.05, 4.69) is 94.4 Å². The number of aromatic amines is 3. The molecule has 43 heteroatoms. The molecule has 0 radical (unpaired) electrons. The number of aliphatic hydroxyl groups excluding tert-OH is 1. The molecule has 2 unspecified atom stereocenters. The van der Waals surface area contributed by atoms with Crippen molar-refractivity contribution in [1.82, 2.24) is 94.4 Å². The summed E-state index contributed by atoms with van der Waals surface area (Å²) in [5, 5.41) is 77.8. The van der Waals surface area contributed by atoms with E-state index in [0.29, 0.717) is 32.9 Å². The molecule has 21 N–H and O–H groups in total. The number of amides is 14. The van der Waals surface area contributed by atoms with Gasteiger partial charge in [0.1, 0.15) is 78.5 Å². The minimum absolute atomic E-state index is 0.0673. The normalized spacial score (nSPS) is 25.2. The lowest BCUT2D eigenvalue weighted by molar-refractivity contribution is -0.142. The molecule has 14 atom stereocenters. The minimum Gasteiger partial charge on any atom is -0.481 e. The van der Waals surface area contributed by atoms with Crippen molar-refractivity contribution in [2.75, 3.05) is 29.6 Å². The van der Waals surface area contributed by atoms with Gasteiger partial charge in [-0.05, 0) is 74.1 Å². The van der Waals surface area contributed by atoms with Crippen molar-refractivity contribution in [1.29, 1.82) is 0 Å². The molecule has 2 bridgehead atoms. The molecule has 5 aromatic rings. The molecule has 14 amide bonds. The topological polar surface area (TPSA) is 600 Å². The lowest BCUT2D eigenvalue weighted by Crippen LogP contribution is -2.62. The van der Waals surface area contributed by atoms with Gasteiger partial charge in [0.25, 0.3) is 0 Å². The van der Waals surface area contributed by atoms with E-state index in [1.165, 1.54) is 19.4 Å². The van der Waals surface area contributed by atoms with Crippen molar-refractivity contribution < 1.29 is 102 Å². The van der Waals surface area contributed by atoms with Crippen molar-refractivity contribution >= 4 is 166 Å². The maximum absolute atomic E-state index is 15.4. The van der Waals surface area contributed by atoms with Crippen LogP contribution in [0.15, 0.2) is 73.4 Å². The number of carboxylic acid groups (broad SMARTS) is 3. The van der Waals surface area contributed by atoms with Gasteiger partial charge >= 0.3 is 17.9 Å². The zero-order valence-corrected chi connectivity index (χ0v) is 69.2. The standard InChI is InChI=1S/C75H102N18O21S4/c1-35(2)21-48-64(102)79-30-58(96)82-47(17-18-59(97)98)65(103)86-49(22-36(3)4)70(108)92-61(37(5)6)73(111)88-51(24-41-28-78-46-16-12-10-14-44(41)46)67(105)90-55-32-118-117-31-54(89-69(107)53(26-60(99)100)83-57(95)19-20-115-116-33-56(75(113)114)91-74(112)62(39(8)94)93-72(55)110)71(109)81-38(7)63(101)84-50(23-40-27-77-45-15-11-9-13-43(40)45)66(104)87-52(68(106)85-48)25-42-29-76-34-80-42/h9-16,27-29,34-39,47-56,61-62,77-78,94H,17-26,30-33H2,1-8H3,(H,76,80)(H,79,102)(H,81,109)(H,82,96)(H,83,95)(H,84,101)(H,85,106)(H,86,103)(H,87,104)(H,88,111)(H,89,107)(H,90,105)(H,91,112)(H,92,108)(H,93,110)(H,97,98)(H,99,100)(H,113,114)/t38-,39+,47-,48-,49-,50-,51-,52-,53-,54-,55-,56-,61?,62?/m0/s1. The number of carboxylic acids is 3. The van der Waals surface area contributed by atoms with Gasteiger partial charge in [0.15, 0.2) is 0 Å². The third-order valence-corrected chi connectivity index (χ3v) is 23.6. The molecule has 0 aliphatic carbocycles. The second-order valence-corrected chi connectivity index (χ2v) is 34.8. The second-order valence-electron chi connectivity index (χ2n) is 29.6. The number of carbonyl (C=O) groups excluding carboxylic acids is 14. The van der Waals surface area contributed by atoms with Crippen molar-refractivity contribution in [2.24, 2.45) is 17.8 Å². The number of fused-ring (bicyclic) bond motifs is 7. The van der Waals surface area contributed by atoms with E-state index in [0.717, 1.165) is 50.1 Å². The van der Waals surface area contributed by atoms with E-state index in [9.17, 15) is 87.5 Å². The molecule has 7 rings (SSSR count). The average molecular weight is 1720 g/mol. The Hall–Kier alpha value is -10.9. The first-order chi connectivity index (χ1) is 55.9. The SMILES string of the molecule is CC(C)C[C@@H]1NC(=O)[C@H](Cc2c[nH]cn2)NC(=O)[C@H](Cc2c[nH]c3ccccc23)NC(=O)[C@H](C)NC(=O)[C@@H]2CSSC[C@H](NC(=O)[C@H](Cc3c[nH]c4ccccc34)NC(=O)C(C(C)C)NC(=O)[C@H](CC(C)C)NC(=O)[C@H](CCC(=O)O)NC(=O)CNC1=O)C(=O)NC([C@@H](C)O)C(=O)N[C@H](C(=O)O)CSSCCC(=O)N[C@@H](CC(=O)O)C(=O)N2. The van der Waals surface area contributed by atoms with E-state index in [1.807, 2.05) is 0 Å². The summed E-state index contributed by atoms with van der Waals surface area (Å²) in [6.45, 7) is 11.4. The summed E-state index contributed by atoms with van der Waals surface area (Å²) in [5.41, 5.74) is 2.36. The summed E-state index contributed by atoms with van der Waals surface area (Å²) in [5.74, 6) is -22.2. The summed E-state index contributed by atoms with van der Waals surface area (Å²) < 4.78 is 0. The van der Waals surface area contributed by atoms with Crippen molar-refractivity contribution in [3.63, 3.8) is 0 Å². The molecule has 3 aromatic heterocycles. The fourth-order valence-electron chi connectivity index (χ4n) is 12.5. The molecular weight excluding hydrogens is 1620 g/mol. The van der Waals surface area contributed by atoms with Crippen LogP contribution >= 0.6 is 43.2 Å². The lowest BCUT2D eigenvalue weighted by Gasteiger charge is -2.29. The number of para-hydroxylation sites is 2. The Balaban J connectivity index is 1.35. The highest BCUT2D eigenvalue weighted by molar-refractivity contribution is 8.77. The van der Waals surface area contributed by atoms with Crippen molar-refractivity contribution in [3.8, 4) is 0 Å². The number of aliphatic carboxylic acids is 3. The van der Waals surface area contributed by atoms with E-state index in [4.69, 9.17) is 0 Å². The lowest BCUT2D eigenvalue weighted by atomic mass is 9.98. The second kappa shape index (κ2) is 45.7. The fourth-order valence-corrected chi connectivity index (χ4v) is 17.0. The third kappa shape index (κ3) is 29.3. The van der Waals surface area contributed by atoms with Crippen LogP contribution in [0, 0.1) is 17.8 Å². The van der Waals surface area contributed by atoms with Crippen molar-refractivity contribution in [2.45, 2.75) is 198 Å². The number of aromatic nitrogens is 4. The van der Waals surface area contributed by atoms with Crippen LogP contribution in [0.3, 0.4) is 0 Å². The molecular formula is C75H102N18O21S4. The number of nitrogens with one attached hydrogen (secondary N) is 17. The molecule has 2 fully saturated rings. The number of hydrogen-bond acceptors (Lipinski definition) is 23. The van der Waals surface area contributed by atoms with Gasteiger partial charge in [-0.2, -0.15) is 0 Å². The highest BCUT2D eigenvalue weighted by atomic mass is 33.1. The van der Waals surface area contributed by atoms with Gasteiger partial charge in [0, 0.05) is 95.5 Å². The highest BCUT2D eigenvalue weighted by Crippen LogP contribution is 2.27. The Kier molecular flexibility index (Phi) is 36.5. The minimum atomic E-state index is -1.94. The number of rotatable bonds is 18. The number of nitrogens with zero attached hydrogens (tertiary/aromatic N) is 1. The number of H-pyrrole nitrogens is 3. The first-order valence-corrected chi connectivity index (χ1v) is 43.0. The van der Waals surface area contributed by atoms with Crippen LogP contribution in [0.2, 0.25) is 0 Å². The zero-order chi connectivity index (χ0) is 86.6. The quantitative estimate of drug-likeness (QED) is 0.0447. The van der Waals surface area contributed by atoms with Gasteiger partial charge in [0.05, 0.1) is 31.1 Å². The highest BCUT2D eigenvalue weighted by Gasteiger charge is 2.40. The van der Waals surface area contributed by atoms with Gasteiger partial charge in [-0.25, -0.2) is 9.78 Å². The van der Waals surface area contributed by atoms with E-state index in [-0.39, 0.29) is 67.6 Å². The number of aliphatic hydroxyl groups is 1. The number of imidazole rings is 1. The van der Waals surface area contributed by atoms with Gasteiger partial charge in [-0.3, -0.25) is 76.7 Å². The van der Waals surface area contributed by atoms with Crippen LogP contribution in [-0.4, -0.2) is 255 Å².